The number of aromatic nitrogens is 6. The molecular weight excluding hydrogens is 468 g/mol. The lowest BCUT2D eigenvalue weighted by Crippen LogP contribution is -1.97. The van der Waals surface area contributed by atoms with Gasteiger partial charge in [0, 0.05) is 34.3 Å². The SMILES string of the molecule is c1ccc(-c2nc(-c3ccc(-c4nc(-c5ccccn5)c5ccccc5n4)cc3)nc3ccccc23)nc1. The average molecular weight is 489 g/mol. The van der Waals surface area contributed by atoms with Crippen LogP contribution >= 0.6 is 0 Å². The zero-order valence-corrected chi connectivity index (χ0v) is 20.2. The van der Waals surface area contributed by atoms with E-state index in [1.807, 2.05) is 109 Å². The maximum atomic E-state index is 4.93. The molecule has 178 valence electrons. The van der Waals surface area contributed by atoms with E-state index in [0.717, 1.165) is 55.7 Å². The quantitative estimate of drug-likeness (QED) is 0.265. The minimum Gasteiger partial charge on any atom is -0.255 e. The highest BCUT2D eigenvalue weighted by atomic mass is 14.9. The second kappa shape index (κ2) is 9.26. The van der Waals surface area contributed by atoms with Crippen LogP contribution in [0.5, 0.6) is 0 Å². The van der Waals surface area contributed by atoms with Crippen molar-refractivity contribution in [1.29, 1.82) is 0 Å². The van der Waals surface area contributed by atoms with Gasteiger partial charge < -0.3 is 0 Å². The van der Waals surface area contributed by atoms with Crippen LogP contribution in [-0.4, -0.2) is 29.9 Å². The van der Waals surface area contributed by atoms with Crippen LogP contribution in [0.4, 0.5) is 0 Å². The second-order valence-electron chi connectivity index (χ2n) is 8.83. The third-order valence-corrected chi connectivity index (χ3v) is 6.42. The first kappa shape index (κ1) is 21.9. The molecule has 7 aromatic rings. The Labute approximate surface area is 218 Å². The highest BCUT2D eigenvalue weighted by Crippen LogP contribution is 2.31. The van der Waals surface area contributed by atoms with Gasteiger partial charge in [0.15, 0.2) is 11.6 Å². The van der Waals surface area contributed by atoms with Crippen LogP contribution < -0.4 is 0 Å². The largest absolute Gasteiger partial charge is 0.255 e. The van der Waals surface area contributed by atoms with E-state index >= 15 is 0 Å². The first-order valence-electron chi connectivity index (χ1n) is 12.3. The van der Waals surface area contributed by atoms with Crippen molar-refractivity contribution < 1.29 is 0 Å². The van der Waals surface area contributed by atoms with Gasteiger partial charge in [-0.05, 0) is 36.4 Å². The molecule has 0 spiro atoms. The van der Waals surface area contributed by atoms with Gasteiger partial charge in [-0.25, -0.2) is 19.9 Å². The summed E-state index contributed by atoms with van der Waals surface area (Å²) in [5.74, 6) is 1.29. The predicted octanol–water partition coefficient (Wildman–Crippen LogP) is 7.03. The van der Waals surface area contributed by atoms with Gasteiger partial charge in [0.05, 0.1) is 22.4 Å². The van der Waals surface area contributed by atoms with Crippen molar-refractivity contribution in [2.45, 2.75) is 0 Å². The van der Waals surface area contributed by atoms with Gasteiger partial charge in [-0.15, -0.1) is 0 Å². The van der Waals surface area contributed by atoms with Crippen LogP contribution in [0, 0.1) is 0 Å². The Kier molecular flexibility index (Phi) is 5.33. The molecule has 0 atom stereocenters. The first-order chi connectivity index (χ1) is 18.8. The second-order valence-corrected chi connectivity index (χ2v) is 8.83. The summed E-state index contributed by atoms with van der Waals surface area (Å²) in [4.78, 5) is 28.6. The highest BCUT2D eigenvalue weighted by molar-refractivity contribution is 5.94. The average Bonchev–Trinajstić information content (AvgIpc) is 3.01. The van der Waals surface area contributed by atoms with Crippen molar-refractivity contribution in [3.05, 3.63) is 122 Å². The summed E-state index contributed by atoms with van der Waals surface area (Å²) in [6, 6.07) is 35.8. The molecule has 3 aromatic carbocycles. The number of pyridine rings is 2. The topological polar surface area (TPSA) is 77.3 Å². The van der Waals surface area contributed by atoms with Gasteiger partial charge in [-0.3, -0.25) is 9.97 Å². The maximum absolute atomic E-state index is 4.93. The molecule has 0 fully saturated rings. The maximum Gasteiger partial charge on any atom is 0.160 e. The van der Waals surface area contributed by atoms with Gasteiger partial charge in [0.1, 0.15) is 11.4 Å². The van der Waals surface area contributed by atoms with Gasteiger partial charge in [-0.2, -0.15) is 0 Å². The number of hydrogen-bond acceptors (Lipinski definition) is 6. The predicted molar refractivity (Wildman–Crippen MR) is 150 cm³/mol. The summed E-state index contributed by atoms with van der Waals surface area (Å²) < 4.78 is 0. The normalized spacial score (nSPS) is 11.2. The van der Waals surface area contributed by atoms with Gasteiger partial charge in [-0.1, -0.05) is 72.8 Å². The van der Waals surface area contributed by atoms with E-state index in [2.05, 4.69) is 9.97 Å². The molecule has 4 heterocycles. The minimum atomic E-state index is 0.643. The third kappa shape index (κ3) is 3.94. The number of benzene rings is 3. The Balaban J connectivity index is 1.33. The fourth-order valence-corrected chi connectivity index (χ4v) is 4.58. The van der Waals surface area contributed by atoms with E-state index in [4.69, 9.17) is 19.9 Å². The summed E-state index contributed by atoms with van der Waals surface area (Å²) >= 11 is 0. The number of hydrogen-bond donors (Lipinski definition) is 0. The lowest BCUT2D eigenvalue weighted by Gasteiger charge is -2.10. The Bertz CT molecular complexity index is 1760. The Morgan fingerprint density at radius 1 is 0.368 bits per heavy atom. The molecule has 0 saturated heterocycles. The molecule has 6 heteroatoms. The van der Waals surface area contributed by atoms with E-state index in [-0.39, 0.29) is 0 Å². The van der Waals surface area contributed by atoms with Crippen LogP contribution in [0.15, 0.2) is 122 Å². The van der Waals surface area contributed by atoms with Crippen LogP contribution in [0.25, 0.3) is 67.4 Å². The van der Waals surface area contributed by atoms with E-state index in [9.17, 15) is 0 Å². The lowest BCUT2D eigenvalue weighted by atomic mass is 10.1. The highest BCUT2D eigenvalue weighted by Gasteiger charge is 2.14. The van der Waals surface area contributed by atoms with Crippen LogP contribution in [-0.2, 0) is 0 Å². The van der Waals surface area contributed by atoms with Gasteiger partial charge in [0.25, 0.3) is 0 Å². The Hall–Kier alpha value is -5.36. The van der Waals surface area contributed by atoms with Gasteiger partial charge in [0.2, 0.25) is 0 Å². The number of fused-ring (bicyclic) bond motifs is 2. The molecular formula is C32H20N6. The van der Waals surface area contributed by atoms with Crippen molar-refractivity contribution in [3.63, 3.8) is 0 Å². The smallest absolute Gasteiger partial charge is 0.160 e. The minimum absolute atomic E-state index is 0.643. The fraction of sp³-hybridized carbons (Fsp3) is 0. The molecule has 0 saturated carbocycles. The molecule has 6 nitrogen and oxygen atoms in total. The van der Waals surface area contributed by atoms with Crippen LogP contribution in [0.2, 0.25) is 0 Å². The molecule has 0 bridgehead atoms. The summed E-state index contributed by atoms with van der Waals surface area (Å²) in [7, 11) is 0. The molecule has 0 amide bonds. The monoisotopic (exact) mass is 488 g/mol. The first-order valence-corrected chi connectivity index (χ1v) is 12.3. The molecule has 0 aliphatic carbocycles. The molecule has 0 aliphatic heterocycles. The Morgan fingerprint density at radius 3 is 1.21 bits per heavy atom. The number of para-hydroxylation sites is 2. The number of nitrogens with zero attached hydrogens (tertiary/aromatic N) is 6. The molecule has 0 N–H and O–H groups in total. The zero-order valence-electron chi connectivity index (χ0n) is 20.2. The zero-order chi connectivity index (χ0) is 25.3. The van der Waals surface area contributed by atoms with E-state index in [1.165, 1.54) is 0 Å². The molecule has 7 rings (SSSR count). The standard InChI is InChI=1S/C32H20N6/c1-3-11-25-23(9-1)29(27-13-5-7-19-33-27)37-31(35-25)21-15-17-22(18-16-21)32-36-26-12-4-2-10-24(26)30(38-32)28-14-6-8-20-34-28/h1-20H. The van der Waals surface area contributed by atoms with Crippen molar-refractivity contribution >= 4 is 21.8 Å². The van der Waals surface area contributed by atoms with Crippen molar-refractivity contribution in [2.24, 2.45) is 0 Å². The fourth-order valence-electron chi connectivity index (χ4n) is 4.58. The van der Waals surface area contributed by atoms with Crippen LogP contribution in [0.1, 0.15) is 0 Å². The van der Waals surface area contributed by atoms with Crippen molar-refractivity contribution in [1.82, 2.24) is 29.9 Å². The summed E-state index contributed by atoms with van der Waals surface area (Å²) in [6.07, 6.45) is 3.56. The molecule has 0 aliphatic rings. The van der Waals surface area contributed by atoms with Crippen molar-refractivity contribution in [3.8, 4) is 45.6 Å². The summed E-state index contributed by atoms with van der Waals surface area (Å²) in [5, 5.41) is 1.94. The van der Waals surface area contributed by atoms with Crippen LogP contribution in [0.3, 0.4) is 0 Å². The van der Waals surface area contributed by atoms with Crippen molar-refractivity contribution in [2.75, 3.05) is 0 Å². The molecule has 38 heavy (non-hydrogen) atoms. The van der Waals surface area contributed by atoms with E-state index < -0.39 is 0 Å². The Morgan fingerprint density at radius 2 is 0.789 bits per heavy atom. The van der Waals surface area contributed by atoms with E-state index in [0.29, 0.717) is 11.6 Å². The van der Waals surface area contributed by atoms with Gasteiger partial charge >= 0.3 is 0 Å². The molecule has 0 unspecified atom stereocenters. The van der Waals surface area contributed by atoms with E-state index in [1.54, 1.807) is 12.4 Å². The molecule has 0 radical (unpaired) electrons. The summed E-state index contributed by atoms with van der Waals surface area (Å²) in [6.45, 7) is 0. The lowest BCUT2D eigenvalue weighted by molar-refractivity contribution is 1.19. The number of rotatable bonds is 4. The summed E-state index contributed by atoms with van der Waals surface area (Å²) in [5.41, 5.74) is 6.82. The third-order valence-electron chi connectivity index (χ3n) is 6.42. The molecule has 4 aromatic heterocycles.